The Bertz CT molecular complexity index is 396. The molecule has 0 spiro atoms. The molecule has 0 aliphatic carbocycles. The number of esters is 1. The van der Waals surface area contributed by atoms with Crippen LogP contribution < -0.4 is 0 Å². The molecule has 4 heteroatoms. The van der Waals surface area contributed by atoms with Crippen LogP contribution in [0.4, 0.5) is 0 Å². The van der Waals surface area contributed by atoms with Crippen molar-refractivity contribution in [1.29, 1.82) is 5.26 Å². The van der Waals surface area contributed by atoms with Gasteiger partial charge < -0.3 is 4.74 Å². The predicted octanol–water partition coefficient (Wildman–Crippen LogP) is 2.34. The number of benzene rings is 1. The summed E-state index contributed by atoms with van der Waals surface area (Å²) in [6.07, 6.45) is 0. The van der Waals surface area contributed by atoms with Gasteiger partial charge in [0.15, 0.2) is 0 Å². The summed E-state index contributed by atoms with van der Waals surface area (Å²) in [7, 11) is 0. The maximum Gasteiger partial charge on any atom is 0.339 e. The van der Waals surface area contributed by atoms with E-state index < -0.39 is 0 Å². The fraction of sp³-hybridized carbons (Fsp3) is 0.200. The monoisotopic (exact) mass is 301 g/mol. The van der Waals surface area contributed by atoms with Crippen molar-refractivity contribution in [2.45, 2.75) is 6.92 Å². The van der Waals surface area contributed by atoms with Crippen LogP contribution in [0, 0.1) is 14.9 Å². The van der Waals surface area contributed by atoms with E-state index >= 15 is 0 Å². The summed E-state index contributed by atoms with van der Waals surface area (Å²) in [6.45, 7) is 2.09. The maximum absolute atomic E-state index is 11.4. The first kappa shape index (κ1) is 11.0. The summed E-state index contributed by atoms with van der Waals surface area (Å²) in [4.78, 5) is 11.4. The first-order chi connectivity index (χ1) is 6.69. The Morgan fingerprint density at radius 2 is 2.36 bits per heavy atom. The number of halogens is 1. The zero-order valence-electron chi connectivity index (χ0n) is 7.58. The molecule has 0 heterocycles. The standard InChI is InChI=1S/C10H8INO2/c1-2-14-10(13)8-5-7(6-12)3-4-9(8)11/h3-5H,2H2,1H3. The fourth-order valence-electron chi connectivity index (χ4n) is 0.960. The van der Waals surface area contributed by atoms with Crippen LogP contribution in [0.3, 0.4) is 0 Å². The minimum Gasteiger partial charge on any atom is -0.462 e. The number of hydrogen-bond donors (Lipinski definition) is 0. The summed E-state index contributed by atoms with van der Waals surface area (Å²) < 4.78 is 5.65. The van der Waals surface area contributed by atoms with Crippen molar-refractivity contribution in [2.75, 3.05) is 6.61 Å². The molecule has 0 fully saturated rings. The van der Waals surface area contributed by atoms with E-state index in [0.717, 1.165) is 3.57 Å². The molecule has 0 saturated heterocycles. The molecule has 0 radical (unpaired) electrons. The molecule has 0 amide bonds. The highest BCUT2D eigenvalue weighted by atomic mass is 127. The number of carbonyl (C=O) groups is 1. The minimum atomic E-state index is -0.381. The van der Waals surface area contributed by atoms with E-state index in [9.17, 15) is 4.79 Å². The van der Waals surface area contributed by atoms with E-state index in [1.165, 1.54) is 0 Å². The molecule has 72 valence electrons. The van der Waals surface area contributed by atoms with Crippen LogP contribution in [0.25, 0.3) is 0 Å². The Hall–Kier alpha value is -1.09. The predicted molar refractivity (Wildman–Crippen MR) is 59.8 cm³/mol. The second kappa shape index (κ2) is 4.96. The molecule has 0 bridgehead atoms. The molecule has 0 N–H and O–H groups in total. The molecule has 0 unspecified atom stereocenters. The van der Waals surface area contributed by atoms with Crippen molar-refractivity contribution >= 4 is 28.6 Å². The molecular formula is C10H8INO2. The zero-order valence-corrected chi connectivity index (χ0v) is 9.74. The molecule has 1 aromatic carbocycles. The summed E-state index contributed by atoms with van der Waals surface area (Å²) in [5, 5.41) is 8.66. The van der Waals surface area contributed by atoms with E-state index in [-0.39, 0.29) is 5.97 Å². The Morgan fingerprint density at radius 1 is 1.64 bits per heavy atom. The van der Waals surface area contributed by atoms with Gasteiger partial charge in [0.05, 0.1) is 23.8 Å². The molecular weight excluding hydrogens is 293 g/mol. The molecule has 1 aromatic rings. The van der Waals surface area contributed by atoms with Crippen LogP contribution >= 0.6 is 22.6 Å². The number of nitriles is 1. The van der Waals surface area contributed by atoms with E-state index in [1.54, 1.807) is 25.1 Å². The smallest absolute Gasteiger partial charge is 0.339 e. The number of rotatable bonds is 2. The average Bonchev–Trinajstić information content (AvgIpc) is 2.19. The number of carbonyl (C=O) groups excluding carboxylic acids is 1. The SMILES string of the molecule is CCOC(=O)c1cc(C#N)ccc1I. The van der Waals surface area contributed by atoms with Gasteiger partial charge in [0.25, 0.3) is 0 Å². The Morgan fingerprint density at radius 3 is 2.93 bits per heavy atom. The molecule has 1 rings (SSSR count). The summed E-state index contributed by atoms with van der Waals surface area (Å²) in [5.74, 6) is -0.381. The highest BCUT2D eigenvalue weighted by Crippen LogP contribution is 2.15. The van der Waals surface area contributed by atoms with Crippen LogP contribution in [0.5, 0.6) is 0 Å². The van der Waals surface area contributed by atoms with E-state index in [2.05, 4.69) is 0 Å². The second-order valence-electron chi connectivity index (χ2n) is 2.53. The van der Waals surface area contributed by atoms with Crippen molar-refractivity contribution in [3.8, 4) is 6.07 Å². The summed E-state index contributed by atoms with van der Waals surface area (Å²) in [5.41, 5.74) is 0.917. The van der Waals surface area contributed by atoms with Crippen LogP contribution in [-0.2, 0) is 4.74 Å². The lowest BCUT2D eigenvalue weighted by Gasteiger charge is -2.03. The summed E-state index contributed by atoms with van der Waals surface area (Å²) >= 11 is 2.04. The van der Waals surface area contributed by atoms with Crippen molar-refractivity contribution in [1.82, 2.24) is 0 Å². The van der Waals surface area contributed by atoms with Gasteiger partial charge in [-0.3, -0.25) is 0 Å². The third-order valence-electron chi connectivity index (χ3n) is 1.59. The molecule has 14 heavy (non-hydrogen) atoms. The van der Waals surface area contributed by atoms with Crippen LogP contribution in [0.15, 0.2) is 18.2 Å². The highest BCUT2D eigenvalue weighted by molar-refractivity contribution is 14.1. The Kier molecular flexibility index (Phi) is 3.89. The topological polar surface area (TPSA) is 50.1 Å². The van der Waals surface area contributed by atoms with E-state index in [1.807, 2.05) is 28.7 Å². The van der Waals surface area contributed by atoms with Crippen LogP contribution in [-0.4, -0.2) is 12.6 Å². The Balaban J connectivity index is 3.07. The first-order valence-electron chi connectivity index (χ1n) is 4.05. The largest absolute Gasteiger partial charge is 0.462 e. The Labute approximate surface area is 95.8 Å². The van der Waals surface area contributed by atoms with Gasteiger partial charge in [-0.2, -0.15) is 5.26 Å². The number of nitrogens with zero attached hydrogens (tertiary/aromatic N) is 1. The highest BCUT2D eigenvalue weighted by Gasteiger charge is 2.11. The quantitative estimate of drug-likeness (QED) is 0.622. The number of ether oxygens (including phenoxy) is 1. The lowest BCUT2D eigenvalue weighted by molar-refractivity contribution is 0.0525. The van der Waals surface area contributed by atoms with Crippen molar-refractivity contribution in [3.05, 3.63) is 32.9 Å². The molecule has 0 aliphatic heterocycles. The van der Waals surface area contributed by atoms with Gasteiger partial charge in [0.2, 0.25) is 0 Å². The average molecular weight is 301 g/mol. The fourth-order valence-corrected chi connectivity index (χ4v) is 1.52. The van der Waals surface area contributed by atoms with Gasteiger partial charge in [0, 0.05) is 3.57 Å². The van der Waals surface area contributed by atoms with E-state index in [4.69, 9.17) is 10.00 Å². The third kappa shape index (κ3) is 2.45. The van der Waals surface area contributed by atoms with Crippen molar-refractivity contribution in [3.63, 3.8) is 0 Å². The van der Waals surface area contributed by atoms with Crippen LogP contribution in [0.1, 0.15) is 22.8 Å². The minimum absolute atomic E-state index is 0.339. The van der Waals surface area contributed by atoms with E-state index in [0.29, 0.717) is 17.7 Å². The normalized spacial score (nSPS) is 9.21. The molecule has 0 atom stereocenters. The lowest BCUT2D eigenvalue weighted by atomic mass is 10.1. The van der Waals surface area contributed by atoms with Gasteiger partial charge >= 0.3 is 5.97 Å². The molecule has 3 nitrogen and oxygen atoms in total. The van der Waals surface area contributed by atoms with Gasteiger partial charge in [-0.1, -0.05) is 0 Å². The van der Waals surface area contributed by atoms with Crippen molar-refractivity contribution in [2.24, 2.45) is 0 Å². The molecule has 0 aliphatic rings. The van der Waals surface area contributed by atoms with Gasteiger partial charge in [-0.15, -0.1) is 0 Å². The zero-order chi connectivity index (χ0) is 10.6. The first-order valence-corrected chi connectivity index (χ1v) is 5.13. The van der Waals surface area contributed by atoms with Gasteiger partial charge in [-0.25, -0.2) is 4.79 Å². The summed E-state index contributed by atoms with van der Waals surface area (Å²) in [6, 6.07) is 6.92. The van der Waals surface area contributed by atoms with Gasteiger partial charge in [-0.05, 0) is 47.7 Å². The van der Waals surface area contributed by atoms with Gasteiger partial charge in [0.1, 0.15) is 0 Å². The second-order valence-corrected chi connectivity index (χ2v) is 3.69. The van der Waals surface area contributed by atoms with Crippen LogP contribution in [0.2, 0.25) is 0 Å². The van der Waals surface area contributed by atoms with Crippen molar-refractivity contribution < 1.29 is 9.53 Å². The lowest BCUT2D eigenvalue weighted by Crippen LogP contribution is -2.06. The maximum atomic E-state index is 11.4. The number of hydrogen-bond acceptors (Lipinski definition) is 3. The molecule has 0 aromatic heterocycles. The third-order valence-corrected chi connectivity index (χ3v) is 2.53. The molecule has 0 saturated carbocycles.